The molecule has 28 heavy (non-hydrogen) atoms. The second-order valence-electron chi connectivity index (χ2n) is 6.09. The maximum atomic E-state index is 12.6. The van der Waals surface area contributed by atoms with E-state index in [1.165, 1.54) is 0 Å². The predicted octanol–water partition coefficient (Wildman–Crippen LogP) is 5.16. The van der Waals surface area contributed by atoms with E-state index < -0.39 is 17.6 Å². The Bertz CT molecular complexity index is 982. The van der Waals surface area contributed by atoms with E-state index in [4.69, 9.17) is 4.74 Å². The molecule has 144 valence electrons. The molecule has 5 nitrogen and oxygen atoms in total. The molecule has 2 aromatic carbocycles. The molecule has 3 aromatic rings. The Morgan fingerprint density at radius 3 is 2.21 bits per heavy atom. The van der Waals surface area contributed by atoms with Gasteiger partial charge in [0.1, 0.15) is 5.75 Å². The van der Waals surface area contributed by atoms with E-state index in [9.17, 15) is 18.0 Å². The van der Waals surface area contributed by atoms with E-state index in [1.807, 2.05) is 19.9 Å². The molecule has 3 rings (SSSR count). The number of aromatic nitrogens is 2. The monoisotopic (exact) mass is 387 g/mol. The summed E-state index contributed by atoms with van der Waals surface area (Å²) in [6.45, 7) is 3.64. The highest BCUT2D eigenvalue weighted by atomic mass is 19.4. The minimum atomic E-state index is -4.45. The van der Waals surface area contributed by atoms with Crippen molar-refractivity contribution in [1.29, 1.82) is 0 Å². The Labute approximate surface area is 159 Å². The molecule has 1 N–H and O–H groups in total. The molecule has 0 fully saturated rings. The molecule has 0 bridgehead atoms. The molecule has 0 aliphatic heterocycles. The Morgan fingerprint density at radius 1 is 0.964 bits per heavy atom. The van der Waals surface area contributed by atoms with Crippen molar-refractivity contribution >= 4 is 11.6 Å². The van der Waals surface area contributed by atoms with Gasteiger partial charge in [-0.3, -0.25) is 4.79 Å². The van der Waals surface area contributed by atoms with Gasteiger partial charge in [-0.05, 0) is 56.3 Å². The van der Waals surface area contributed by atoms with Crippen LogP contribution in [-0.4, -0.2) is 15.9 Å². The molecule has 0 saturated heterocycles. The fraction of sp³-hybridized carbons (Fsp3) is 0.150. The van der Waals surface area contributed by atoms with E-state index in [2.05, 4.69) is 15.3 Å². The summed E-state index contributed by atoms with van der Waals surface area (Å²) in [6.07, 6.45) is -4.45. The van der Waals surface area contributed by atoms with Crippen LogP contribution in [0.3, 0.4) is 0 Å². The Kier molecular flexibility index (Phi) is 5.30. The Hall–Kier alpha value is -3.42. The Balaban J connectivity index is 1.72. The van der Waals surface area contributed by atoms with Gasteiger partial charge >= 0.3 is 12.2 Å². The minimum absolute atomic E-state index is 0.108. The number of ether oxygens (including phenoxy) is 1. The number of hydrogen-bond acceptors (Lipinski definition) is 4. The summed E-state index contributed by atoms with van der Waals surface area (Å²) in [7, 11) is 0. The molecule has 0 atom stereocenters. The zero-order chi connectivity index (χ0) is 20.3. The topological polar surface area (TPSA) is 64.1 Å². The van der Waals surface area contributed by atoms with Gasteiger partial charge in [0.05, 0.1) is 5.56 Å². The maximum absolute atomic E-state index is 12.6. The molecular formula is C20H16F3N3O2. The molecule has 1 amide bonds. The van der Waals surface area contributed by atoms with Crippen molar-refractivity contribution < 1.29 is 22.7 Å². The van der Waals surface area contributed by atoms with Crippen molar-refractivity contribution in [2.45, 2.75) is 20.0 Å². The number of nitrogens with zero attached hydrogens (tertiary/aromatic N) is 2. The third kappa shape index (κ3) is 4.85. The highest BCUT2D eigenvalue weighted by Gasteiger charge is 2.30. The van der Waals surface area contributed by atoms with Crippen molar-refractivity contribution in [3.63, 3.8) is 0 Å². The van der Waals surface area contributed by atoms with Crippen LogP contribution in [0.1, 0.15) is 27.3 Å². The fourth-order valence-electron chi connectivity index (χ4n) is 2.50. The van der Waals surface area contributed by atoms with Crippen molar-refractivity contribution in [3.8, 4) is 11.8 Å². The second kappa shape index (κ2) is 7.67. The first-order valence-electron chi connectivity index (χ1n) is 8.29. The molecule has 0 radical (unpaired) electrons. The molecule has 1 aromatic heterocycles. The van der Waals surface area contributed by atoms with Crippen LogP contribution in [0.5, 0.6) is 11.8 Å². The first-order valence-corrected chi connectivity index (χ1v) is 8.29. The first-order chi connectivity index (χ1) is 13.2. The largest absolute Gasteiger partial charge is 0.424 e. The Morgan fingerprint density at radius 2 is 1.61 bits per heavy atom. The average Bonchev–Trinajstić information content (AvgIpc) is 2.60. The number of halogens is 3. The van der Waals surface area contributed by atoms with Gasteiger partial charge < -0.3 is 10.1 Å². The van der Waals surface area contributed by atoms with Gasteiger partial charge in [-0.25, -0.2) is 9.97 Å². The minimum Gasteiger partial charge on any atom is -0.424 e. The number of rotatable bonds is 4. The molecule has 0 aliphatic rings. The standard InChI is InChI=1S/C20H16F3N3O2/c1-12-10-13(2)25-19(24-12)28-17-5-3-4-16(11-17)26-18(27)14-6-8-15(9-7-14)20(21,22)23/h3-11H,1-2H3,(H,26,27). The lowest BCUT2D eigenvalue weighted by Crippen LogP contribution is -2.12. The number of alkyl halides is 3. The smallest absolute Gasteiger partial charge is 0.416 e. The van der Waals surface area contributed by atoms with Crippen molar-refractivity contribution in [3.05, 3.63) is 77.1 Å². The number of carbonyl (C=O) groups is 1. The third-order valence-electron chi connectivity index (χ3n) is 3.74. The van der Waals surface area contributed by atoms with Gasteiger partial charge in [0, 0.05) is 28.7 Å². The van der Waals surface area contributed by atoms with Crippen LogP contribution in [0.2, 0.25) is 0 Å². The number of carbonyl (C=O) groups excluding carboxylic acids is 1. The average molecular weight is 387 g/mol. The van der Waals surface area contributed by atoms with Crippen LogP contribution >= 0.6 is 0 Å². The zero-order valence-electron chi connectivity index (χ0n) is 15.0. The molecule has 0 unspecified atom stereocenters. The molecule has 8 heteroatoms. The summed E-state index contributed by atoms with van der Waals surface area (Å²) in [5.41, 5.74) is 1.24. The van der Waals surface area contributed by atoms with Crippen LogP contribution in [0.4, 0.5) is 18.9 Å². The molecule has 0 aliphatic carbocycles. The first kappa shape index (κ1) is 19.3. The predicted molar refractivity (Wildman–Crippen MR) is 97.4 cm³/mol. The molecule has 1 heterocycles. The van der Waals surface area contributed by atoms with Gasteiger partial charge in [-0.15, -0.1) is 0 Å². The van der Waals surface area contributed by atoms with Gasteiger partial charge in [0.25, 0.3) is 5.91 Å². The summed E-state index contributed by atoms with van der Waals surface area (Å²) in [5, 5.41) is 2.62. The number of aryl methyl sites for hydroxylation is 2. The highest BCUT2D eigenvalue weighted by Crippen LogP contribution is 2.29. The summed E-state index contributed by atoms with van der Waals surface area (Å²) >= 11 is 0. The number of hydrogen-bond donors (Lipinski definition) is 1. The molecule has 0 spiro atoms. The van der Waals surface area contributed by atoms with Gasteiger partial charge in [-0.2, -0.15) is 13.2 Å². The quantitative estimate of drug-likeness (QED) is 0.672. The normalized spacial score (nSPS) is 11.2. The fourth-order valence-corrected chi connectivity index (χ4v) is 2.50. The van der Waals surface area contributed by atoms with Gasteiger partial charge in [-0.1, -0.05) is 6.07 Å². The van der Waals surface area contributed by atoms with Crippen LogP contribution in [-0.2, 0) is 6.18 Å². The lowest BCUT2D eigenvalue weighted by Gasteiger charge is -2.10. The SMILES string of the molecule is Cc1cc(C)nc(Oc2cccc(NC(=O)c3ccc(C(F)(F)F)cc3)c2)n1. The van der Waals surface area contributed by atoms with Crippen LogP contribution in [0.15, 0.2) is 54.6 Å². The van der Waals surface area contributed by atoms with E-state index in [1.54, 1.807) is 24.3 Å². The number of amides is 1. The van der Waals surface area contributed by atoms with E-state index in [0.717, 1.165) is 35.7 Å². The van der Waals surface area contributed by atoms with Gasteiger partial charge in [0.15, 0.2) is 0 Å². The lowest BCUT2D eigenvalue weighted by molar-refractivity contribution is -0.137. The van der Waals surface area contributed by atoms with E-state index in [0.29, 0.717) is 11.4 Å². The molecule has 0 saturated carbocycles. The maximum Gasteiger partial charge on any atom is 0.416 e. The van der Waals surface area contributed by atoms with Crippen LogP contribution in [0, 0.1) is 13.8 Å². The zero-order valence-corrected chi connectivity index (χ0v) is 15.0. The van der Waals surface area contributed by atoms with Crippen LogP contribution in [0.25, 0.3) is 0 Å². The number of benzene rings is 2. The molecular weight excluding hydrogens is 371 g/mol. The summed E-state index contributed by atoms with van der Waals surface area (Å²) in [5.74, 6) is -0.122. The summed E-state index contributed by atoms with van der Waals surface area (Å²) in [6, 6.07) is 12.5. The highest BCUT2D eigenvalue weighted by molar-refractivity contribution is 6.04. The summed E-state index contributed by atoms with van der Waals surface area (Å²) in [4.78, 5) is 20.6. The van der Waals surface area contributed by atoms with E-state index >= 15 is 0 Å². The number of anilines is 1. The lowest BCUT2D eigenvalue weighted by atomic mass is 10.1. The van der Waals surface area contributed by atoms with E-state index in [-0.39, 0.29) is 11.6 Å². The third-order valence-corrected chi connectivity index (χ3v) is 3.74. The summed E-state index contributed by atoms with van der Waals surface area (Å²) < 4.78 is 43.5. The van der Waals surface area contributed by atoms with Crippen LogP contribution < -0.4 is 10.1 Å². The van der Waals surface area contributed by atoms with Crippen molar-refractivity contribution in [1.82, 2.24) is 9.97 Å². The van der Waals surface area contributed by atoms with Gasteiger partial charge in [0.2, 0.25) is 0 Å². The second-order valence-corrected chi connectivity index (χ2v) is 6.09. The number of nitrogens with one attached hydrogen (secondary N) is 1. The van der Waals surface area contributed by atoms with Crippen molar-refractivity contribution in [2.75, 3.05) is 5.32 Å². The van der Waals surface area contributed by atoms with Crippen molar-refractivity contribution in [2.24, 2.45) is 0 Å².